The van der Waals surface area contributed by atoms with Crippen LogP contribution in [0.25, 0.3) is 0 Å². The van der Waals surface area contributed by atoms with Crippen molar-refractivity contribution in [2.45, 2.75) is 52.7 Å². The van der Waals surface area contributed by atoms with E-state index in [2.05, 4.69) is 20.8 Å². The second kappa shape index (κ2) is 4.72. The summed E-state index contributed by atoms with van der Waals surface area (Å²) >= 11 is 0. The number of esters is 1. The number of pyridine rings is 1. The van der Waals surface area contributed by atoms with Crippen LogP contribution in [-0.4, -0.2) is 12.1 Å². The average molecular weight is 289 g/mol. The van der Waals surface area contributed by atoms with Gasteiger partial charge in [0.05, 0.1) is 6.20 Å². The molecule has 0 radical (unpaired) electrons. The van der Waals surface area contributed by atoms with E-state index >= 15 is 0 Å². The molecule has 2 aliphatic rings. The van der Waals surface area contributed by atoms with Gasteiger partial charge in [-0.15, -0.1) is 0 Å². The maximum absolute atomic E-state index is 12.3. The maximum atomic E-state index is 12.3. The second-order valence-electron chi connectivity index (χ2n) is 7.34. The number of nitrogen functional groups attached to an aromatic ring is 1. The minimum atomic E-state index is -0.188. The Hall–Kier alpha value is -1.58. The normalized spacial score (nSPS) is 33.1. The molecule has 0 saturated heterocycles. The zero-order chi connectivity index (χ0) is 15.3. The van der Waals surface area contributed by atoms with Gasteiger partial charge in [-0.25, -0.2) is 9.36 Å². The van der Waals surface area contributed by atoms with E-state index in [4.69, 9.17) is 10.5 Å². The van der Waals surface area contributed by atoms with Crippen molar-refractivity contribution in [2.75, 3.05) is 5.73 Å². The molecule has 0 aromatic carbocycles. The average Bonchev–Trinajstić information content (AvgIpc) is 2.74. The van der Waals surface area contributed by atoms with Crippen molar-refractivity contribution >= 4 is 11.8 Å². The molecule has 2 bridgehead atoms. The molecule has 3 rings (SSSR count). The van der Waals surface area contributed by atoms with Crippen LogP contribution in [0.2, 0.25) is 0 Å². The van der Waals surface area contributed by atoms with E-state index in [-0.39, 0.29) is 29.4 Å². The number of fused-ring (bicyclic) bond motifs is 2. The first-order valence-corrected chi connectivity index (χ1v) is 7.78. The summed E-state index contributed by atoms with van der Waals surface area (Å²) in [4.78, 5) is 12.3. The standard InChI is InChI=1S/C17H24N2O2/c1-16(2)12-7-8-17(16,3)13(10-12)21-15(20)11-19-9-5-4-6-14(19)18/h4-6,9,12-13,18H,7-8,10-11H2,1-3H3/p+1/t12-,13+,17-/m1/s1. The fraction of sp³-hybridized carbons (Fsp3) is 0.647. The van der Waals surface area contributed by atoms with Gasteiger partial charge in [-0.3, -0.25) is 5.73 Å². The first kappa shape index (κ1) is 14.4. The Balaban J connectivity index is 1.68. The monoisotopic (exact) mass is 289 g/mol. The number of anilines is 1. The van der Waals surface area contributed by atoms with Gasteiger partial charge in [0.25, 0.3) is 5.82 Å². The predicted molar refractivity (Wildman–Crippen MR) is 80.2 cm³/mol. The molecule has 1 aromatic heterocycles. The van der Waals surface area contributed by atoms with Crippen molar-refractivity contribution in [1.82, 2.24) is 0 Å². The number of ether oxygens (including phenoxy) is 1. The topological polar surface area (TPSA) is 56.2 Å². The van der Waals surface area contributed by atoms with Gasteiger partial charge in [0.15, 0.2) is 6.54 Å². The van der Waals surface area contributed by atoms with Crippen molar-refractivity contribution in [2.24, 2.45) is 16.7 Å². The van der Waals surface area contributed by atoms with Gasteiger partial charge in [0.1, 0.15) is 6.10 Å². The molecule has 0 spiro atoms. The van der Waals surface area contributed by atoms with E-state index in [1.54, 1.807) is 10.6 Å². The SMILES string of the molecule is CC1(C)[C@@H]2CC[C@]1(C)[C@@H](OC(=O)C[n+]1ccccc1N)C2. The molecule has 2 N–H and O–H groups in total. The van der Waals surface area contributed by atoms with E-state index in [1.165, 1.54) is 6.42 Å². The third-order valence-electron chi connectivity index (χ3n) is 6.26. The minimum Gasteiger partial charge on any atom is -0.459 e. The van der Waals surface area contributed by atoms with Gasteiger partial charge in [0.2, 0.25) is 0 Å². The fourth-order valence-electron chi connectivity index (χ4n) is 4.28. The predicted octanol–water partition coefficient (Wildman–Crippen LogP) is 2.31. The molecule has 2 aliphatic carbocycles. The summed E-state index contributed by atoms with van der Waals surface area (Å²) in [5, 5.41) is 0. The molecule has 4 heteroatoms. The Labute approximate surface area is 126 Å². The van der Waals surface area contributed by atoms with E-state index in [9.17, 15) is 4.79 Å². The summed E-state index contributed by atoms with van der Waals surface area (Å²) in [5.74, 6) is 1.07. The summed E-state index contributed by atoms with van der Waals surface area (Å²) in [5.41, 5.74) is 6.23. The van der Waals surface area contributed by atoms with Gasteiger partial charge < -0.3 is 4.74 Å². The largest absolute Gasteiger partial charge is 0.459 e. The Morgan fingerprint density at radius 3 is 2.76 bits per heavy atom. The summed E-state index contributed by atoms with van der Waals surface area (Å²) in [6.45, 7) is 7.11. The summed E-state index contributed by atoms with van der Waals surface area (Å²) < 4.78 is 7.55. The van der Waals surface area contributed by atoms with Gasteiger partial charge in [0, 0.05) is 11.5 Å². The lowest BCUT2D eigenvalue weighted by Crippen LogP contribution is -2.44. The molecular formula is C17H25N2O2+. The fourth-order valence-corrected chi connectivity index (χ4v) is 4.28. The molecule has 2 saturated carbocycles. The van der Waals surface area contributed by atoms with Crippen LogP contribution in [0.3, 0.4) is 0 Å². The van der Waals surface area contributed by atoms with E-state index in [0.29, 0.717) is 11.7 Å². The number of carbonyl (C=O) groups is 1. The number of aromatic nitrogens is 1. The zero-order valence-electron chi connectivity index (χ0n) is 13.1. The molecule has 0 unspecified atom stereocenters. The van der Waals surface area contributed by atoms with Gasteiger partial charge in [-0.2, -0.15) is 0 Å². The summed E-state index contributed by atoms with van der Waals surface area (Å²) in [6.07, 6.45) is 5.28. The van der Waals surface area contributed by atoms with Crippen LogP contribution in [0.1, 0.15) is 40.0 Å². The quantitative estimate of drug-likeness (QED) is 0.686. The molecule has 2 fully saturated rings. The van der Waals surface area contributed by atoms with Crippen LogP contribution < -0.4 is 10.3 Å². The number of carbonyl (C=O) groups excluding carboxylic acids is 1. The van der Waals surface area contributed by atoms with Crippen molar-refractivity contribution in [3.8, 4) is 0 Å². The number of rotatable bonds is 3. The molecule has 114 valence electrons. The molecule has 1 aromatic rings. The summed E-state index contributed by atoms with van der Waals surface area (Å²) in [7, 11) is 0. The molecule has 1 heterocycles. The first-order valence-electron chi connectivity index (χ1n) is 7.78. The van der Waals surface area contributed by atoms with Crippen molar-refractivity contribution in [3.63, 3.8) is 0 Å². The smallest absolute Gasteiger partial charge is 0.348 e. The van der Waals surface area contributed by atoms with Gasteiger partial charge in [-0.1, -0.05) is 26.8 Å². The number of hydrogen-bond acceptors (Lipinski definition) is 3. The van der Waals surface area contributed by atoms with Crippen LogP contribution in [0, 0.1) is 16.7 Å². The third kappa shape index (κ3) is 2.12. The van der Waals surface area contributed by atoms with Crippen LogP contribution in [0.5, 0.6) is 0 Å². The van der Waals surface area contributed by atoms with Gasteiger partial charge in [-0.05, 0) is 36.7 Å². The number of nitrogens with two attached hydrogens (primary N) is 1. The molecular weight excluding hydrogens is 264 g/mol. The number of nitrogens with zero attached hydrogens (tertiary/aromatic N) is 1. The zero-order valence-corrected chi connectivity index (χ0v) is 13.1. The first-order chi connectivity index (χ1) is 9.84. The highest BCUT2D eigenvalue weighted by Crippen LogP contribution is 2.66. The van der Waals surface area contributed by atoms with Gasteiger partial charge >= 0.3 is 5.97 Å². The maximum Gasteiger partial charge on any atom is 0.348 e. The van der Waals surface area contributed by atoms with Crippen LogP contribution in [0.4, 0.5) is 5.82 Å². The lowest BCUT2D eigenvalue weighted by molar-refractivity contribution is -0.671. The molecule has 3 atom stereocenters. The minimum absolute atomic E-state index is 0.0456. The van der Waals surface area contributed by atoms with E-state index < -0.39 is 0 Å². The number of hydrogen-bond donors (Lipinski definition) is 1. The Bertz CT molecular complexity index is 570. The van der Waals surface area contributed by atoms with Crippen LogP contribution >= 0.6 is 0 Å². The van der Waals surface area contributed by atoms with E-state index in [0.717, 1.165) is 12.8 Å². The van der Waals surface area contributed by atoms with Crippen LogP contribution in [0.15, 0.2) is 24.4 Å². The lowest BCUT2D eigenvalue weighted by Gasteiger charge is -2.38. The lowest BCUT2D eigenvalue weighted by atomic mass is 9.70. The molecule has 0 amide bonds. The Kier molecular flexibility index (Phi) is 3.23. The Morgan fingerprint density at radius 1 is 1.43 bits per heavy atom. The highest BCUT2D eigenvalue weighted by Gasteiger charge is 2.62. The molecule has 4 nitrogen and oxygen atoms in total. The highest BCUT2D eigenvalue weighted by atomic mass is 16.5. The second-order valence-corrected chi connectivity index (χ2v) is 7.34. The van der Waals surface area contributed by atoms with Crippen molar-refractivity contribution in [1.29, 1.82) is 0 Å². The highest BCUT2D eigenvalue weighted by molar-refractivity contribution is 5.68. The summed E-state index contributed by atoms with van der Waals surface area (Å²) in [6, 6.07) is 5.51. The third-order valence-corrected chi connectivity index (χ3v) is 6.26. The van der Waals surface area contributed by atoms with Crippen molar-refractivity contribution < 1.29 is 14.1 Å². The Morgan fingerprint density at radius 2 is 2.19 bits per heavy atom. The van der Waals surface area contributed by atoms with E-state index in [1.807, 2.05) is 18.3 Å². The van der Waals surface area contributed by atoms with Crippen molar-refractivity contribution in [3.05, 3.63) is 24.4 Å². The molecule has 21 heavy (non-hydrogen) atoms. The molecule has 0 aliphatic heterocycles. The van der Waals surface area contributed by atoms with Crippen LogP contribution in [-0.2, 0) is 16.1 Å².